The first-order valence-electron chi connectivity index (χ1n) is 10.2. The van der Waals surface area contributed by atoms with E-state index in [9.17, 15) is 13.2 Å². The van der Waals surface area contributed by atoms with Gasteiger partial charge in [0.2, 0.25) is 5.75 Å². The summed E-state index contributed by atoms with van der Waals surface area (Å²) in [7, 11) is 1.98. The predicted molar refractivity (Wildman–Crippen MR) is 126 cm³/mol. The number of carbonyl (C=O) groups is 1. The molecule has 0 spiro atoms. The number of hydrogen-bond acceptors (Lipinski definition) is 8. The highest BCUT2D eigenvalue weighted by Gasteiger charge is 2.30. The summed E-state index contributed by atoms with van der Waals surface area (Å²) in [5, 5.41) is 1.64. The van der Waals surface area contributed by atoms with Crippen molar-refractivity contribution in [2.75, 3.05) is 35.0 Å². The third-order valence-corrected chi connectivity index (χ3v) is 7.31. The van der Waals surface area contributed by atoms with Crippen molar-refractivity contribution in [1.29, 1.82) is 0 Å². The number of methoxy groups -OCH3 is 4. The molecule has 1 N–H and O–H groups in total. The Morgan fingerprint density at radius 2 is 1.59 bits per heavy atom. The van der Waals surface area contributed by atoms with Crippen LogP contribution in [-0.2, 0) is 9.84 Å². The Hall–Kier alpha value is -3.79. The Morgan fingerprint density at radius 3 is 2.09 bits per heavy atom. The molecule has 2 aromatic carbocycles. The van der Waals surface area contributed by atoms with Crippen LogP contribution in [0.4, 0.5) is 0 Å². The highest BCUT2D eigenvalue weighted by atomic mass is 32.2. The van der Waals surface area contributed by atoms with Gasteiger partial charge in [-0.15, -0.1) is 0 Å². The zero-order valence-corrected chi connectivity index (χ0v) is 20.1. The van der Waals surface area contributed by atoms with Gasteiger partial charge in [-0.05, 0) is 48.0 Å². The zero-order chi connectivity index (χ0) is 24.7. The maximum Gasteiger partial charge on any atom is 0.251 e. The lowest BCUT2D eigenvalue weighted by atomic mass is 10.1. The van der Waals surface area contributed by atoms with E-state index in [4.69, 9.17) is 18.9 Å². The van der Waals surface area contributed by atoms with Gasteiger partial charge in [0, 0.05) is 24.5 Å². The quantitative estimate of drug-likeness (QED) is 0.465. The monoisotopic (exact) mass is 486 g/mol. The topological polar surface area (TPSA) is 113 Å². The van der Waals surface area contributed by atoms with Gasteiger partial charge in [0.25, 0.3) is 5.91 Å². The number of amides is 1. The van der Waals surface area contributed by atoms with E-state index in [1.165, 1.54) is 58.9 Å². The first kappa shape index (κ1) is 24.8. The molecule has 1 aromatic heterocycles. The highest BCUT2D eigenvalue weighted by Crippen LogP contribution is 2.38. The summed E-state index contributed by atoms with van der Waals surface area (Å²) in [4.78, 5) is 17.1. The second-order valence-corrected chi connectivity index (χ2v) is 9.25. The standard InChI is InChI=1S/C24H26N2O7S/c1-30-18-7-9-19(10-8-18)34(28,29)22(16-6-5-11-25-14-16)15-26-24(27)17-12-20(31-2)23(33-4)21(13-17)32-3/h5-14,22H,15H2,1-4H3,(H,26,27). The molecular formula is C24H26N2O7S. The molecule has 10 heteroatoms. The van der Waals surface area contributed by atoms with E-state index in [2.05, 4.69) is 10.3 Å². The average molecular weight is 487 g/mol. The van der Waals surface area contributed by atoms with Crippen LogP contribution in [0.3, 0.4) is 0 Å². The second-order valence-electron chi connectivity index (χ2n) is 7.12. The first-order valence-corrected chi connectivity index (χ1v) is 11.8. The number of pyridine rings is 1. The van der Waals surface area contributed by atoms with E-state index in [0.29, 0.717) is 28.6 Å². The van der Waals surface area contributed by atoms with Crippen molar-refractivity contribution in [3.05, 3.63) is 72.1 Å². The Morgan fingerprint density at radius 1 is 0.941 bits per heavy atom. The van der Waals surface area contributed by atoms with E-state index >= 15 is 0 Å². The lowest BCUT2D eigenvalue weighted by molar-refractivity contribution is 0.0953. The van der Waals surface area contributed by atoms with Crippen molar-refractivity contribution in [3.8, 4) is 23.0 Å². The number of rotatable bonds is 10. The highest BCUT2D eigenvalue weighted by molar-refractivity contribution is 7.91. The van der Waals surface area contributed by atoms with Crippen LogP contribution in [0, 0.1) is 0 Å². The molecule has 3 aromatic rings. The van der Waals surface area contributed by atoms with Crippen molar-refractivity contribution in [2.45, 2.75) is 10.1 Å². The summed E-state index contributed by atoms with van der Waals surface area (Å²) in [6.07, 6.45) is 3.02. The van der Waals surface area contributed by atoms with Gasteiger partial charge in [-0.1, -0.05) is 6.07 Å². The van der Waals surface area contributed by atoms with Gasteiger partial charge >= 0.3 is 0 Å². The average Bonchev–Trinajstić information content (AvgIpc) is 2.88. The van der Waals surface area contributed by atoms with Crippen LogP contribution in [0.2, 0.25) is 0 Å². The number of sulfone groups is 1. The fourth-order valence-electron chi connectivity index (χ4n) is 3.40. The van der Waals surface area contributed by atoms with Gasteiger partial charge in [0.15, 0.2) is 21.3 Å². The molecule has 0 saturated carbocycles. The van der Waals surface area contributed by atoms with E-state index in [-0.39, 0.29) is 17.0 Å². The summed E-state index contributed by atoms with van der Waals surface area (Å²) in [6.45, 7) is -0.185. The Kier molecular flexibility index (Phi) is 7.95. The Bertz CT molecular complexity index is 1200. The Balaban J connectivity index is 1.92. The van der Waals surface area contributed by atoms with Crippen LogP contribution in [-0.4, -0.2) is 54.3 Å². The normalized spacial score (nSPS) is 11.9. The number of hydrogen-bond donors (Lipinski definition) is 1. The van der Waals surface area contributed by atoms with Crippen LogP contribution >= 0.6 is 0 Å². The summed E-state index contributed by atoms with van der Waals surface area (Å²) >= 11 is 0. The van der Waals surface area contributed by atoms with Gasteiger partial charge in [-0.2, -0.15) is 0 Å². The first-order chi connectivity index (χ1) is 16.3. The zero-order valence-electron chi connectivity index (χ0n) is 19.3. The fraction of sp³-hybridized carbons (Fsp3) is 0.250. The molecule has 1 atom stereocenters. The predicted octanol–water partition coefficient (Wildman–Crippen LogP) is 3.06. The van der Waals surface area contributed by atoms with Crippen molar-refractivity contribution < 1.29 is 32.2 Å². The fourth-order valence-corrected chi connectivity index (χ4v) is 5.05. The lowest BCUT2D eigenvalue weighted by Crippen LogP contribution is -2.32. The molecule has 1 unspecified atom stereocenters. The minimum atomic E-state index is -3.87. The SMILES string of the molecule is COc1ccc(S(=O)(=O)C(CNC(=O)c2cc(OC)c(OC)c(OC)c2)c2cccnc2)cc1. The van der Waals surface area contributed by atoms with E-state index in [0.717, 1.165) is 0 Å². The van der Waals surface area contributed by atoms with Crippen molar-refractivity contribution >= 4 is 15.7 Å². The van der Waals surface area contributed by atoms with Crippen LogP contribution in [0.15, 0.2) is 65.8 Å². The maximum atomic E-state index is 13.5. The molecule has 9 nitrogen and oxygen atoms in total. The van der Waals surface area contributed by atoms with E-state index in [1.807, 2.05) is 0 Å². The second kappa shape index (κ2) is 10.9. The number of nitrogens with zero attached hydrogens (tertiary/aromatic N) is 1. The molecular weight excluding hydrogens is 460 g/mol. The van der Waals surface area contributed by atoms with E-state index in [1.54, 1.807) is 30.5 Å². The minimum absolute atomic E-state index is 0.101. The molecule has 0 aliphatic rings. The number of benzene rings is 2. The summed E-state index contributed by atoms with van der Waals surface area (Å²) < 4.78 is 48.0. The van der Waals surface area contributed by atoms with Crippen LogP contribution in [0.25, 0.3) is 0 Å². The number of ether oxygens (including phenoxy) is 4. The molecule has 0 radical (unpaired) electrons. The number of aromatic nitrogens is 1. The lowest BCUT2D eigenvalue weighted by Gasteiger charge is -2.19. The summed E-state index contributed by atoms with van der Waals surface area (Å²) in [6, 6.07) is 12.4. The molecule has 1 amide bonds. The third kappa shape index (κ3) is 5.23. The molecule has 0 fully saturated rings. The van der Waals surface area contributed by atoms with Crippen molar-refractivity contribution in [2.24, 2.45) is 0 Å². The van der Waals surface area contributed by atoms with Gasteiger partial charge < -0.3 is 24.3 Å². The number of nitrogens with one attached hydrogen (secondary N) is 1. The molecule has 0 aliphatic heterocycles. The molecule has 1 heterocycles. The molecule has 34 heavy (non-hydrogen) atoms. The summed E-state index contributed by atoms with van der Waals surface area (Å²) in [5.41, 5.74) is 0.671. The maximum absolute atomic E-state index is 13.5. The van der Waals surface area contributed by atoms with Gasteiger partial charge in [-0.3, -0.25) is 9.78 Å². The van der Waals surface area contributed by atoms with Crippen LogP contribution in [0.5, 0.6) is 23.0 Å². The molecule has 0 bridgehead atoms. The molecule has 180 valence electrons. The molecule has 3 rings (SSSR count). The molecule has 0 saturated heterocycles. The van der Waals surface area contributed by atoms with E-state index < -0.39 is 21.0 Å². The van der Waals surface area contributed by atoms with Gasteiger partial charge in [0.1, 0.15) is 11.0 Å². The summed E-state index contributed by atoms with van der Waals surface area (Å²) in [5.74, 6) is 0.992. The van der Waals surface area contributed by atoms with Crippen LogP contribution < -0.4 is 24.3 Å². The van der Waals surface area contributed by atoms with Crippen molar-refractivity contribution in [1.82, 2.24) is 10.3 Å². The van der Waals surface area contributed by atoms with Gasteiger partial charge in [0.05, 0.1) is 33.3 Å². The smallest absolute Gasteiger partial charge is 0.251 e. The minimum Gasteiger partial charge on any atom is -0.497 e. The Labute approximate surface area is 198 Å². The number of carbonyl (C=O) groups excluding carboxylic acids is 1. The van der Waals surface area contributed by atoms with Crippen LogP contribution in [0.1, 0.15) is 21.2 Å². The van der Waals surface area contributed by atoms with Gasteiger partial charge in [-0.25, -0.2) is 8.42 Å². The largest absolute Gasteiger partial charge is 0.497 e. The molecule has 0 aliphatic carbocycles. The third-order valence-electron chi connectivity index (χ3n) is 5.19. The van der Waals surface area contributed by atoms with Crippen molar-refractivity contribution in [3.63, 3.8) is 0 Å².